The number of benzene rings is 2. The third-order valence-electron chi connectivity index (χ3n) is 4.36. The van der Waals surface area contributed by atoms with Crippen LogP contribution in [-0.4, -0.2) is 42.2 Å². The van der Waals surface area contributed by atoms with Gasteiger partial charge in [-0.15, -0.1) is 0 Å². The number of carboxylic acids is 1. The topological polar surface area (TPSA) is 178 Å². The number of hydrogen-bond acceptors (Lipinski definition) is 6. The van der Waals surface area contributed by atoms with Crippen LogP contribution in [0, 0.1) is 0 Å². The van der Waals surface area contributed by atoms with E-state index in [0.29, 0.717) is 22.7 Å². The van der Waals surface area contributed by atoms with Gasteiger partial charge in [0.1, 0.15) is 0 Å². The van der Waals surface area contributed by atoms with E-state index in [4.69, 9.17) is 32.5 Å². The summed E-state index contributed by atoms with van der Waals surface area (Å²) in [6, 6.07) is 8.23. The number of halogens is 1. The molecule has 32 heavy (non-hydrogen) atoms. The summed E-state index contributed by atoms with van der Waals surface area (Å²) in [5.74, 6) is -1.64. The van der Waals surface area contributed by atoms with Crippen LogP contribution in [0.4, 0.5) is 5.69 Å². The van der Waals surface area contributed by atoms with Gasteiger partial charge in [0, 0.05) is 19.5 Å². The minimum Gasteiger partial charge on any atom is -0.481 e. The number of carbonyl (C=O) groups excluding carboxylic acids is 2. The van der Waals surface area contributed by atoms with Crippen LogP contribution in [0.15, 0.2) is 41.4 Å². The standard InChI is InChI=1S/C20H20ClN5O6.2H2/c21-13-6-16-15(31-9-32-16)5-12(13)14(7-18(28)29)26-17(27)8-24-19(30)10-2-1-3-11(4-10)25-20(22)23;;/h1-6,14H,7-9H2,(H,24,30)(H,26,27)(H,28,29)(H4,22,23,25);2*1H. The number of aliphatic carboxylic acids is 1. The van der Waals surface area contributed by atoms with Gasteiger partial charge in [0.2, 0.25) is 12.7 Å². The number of nitrogens with zero attached hydrogens (tertiary/aromatic N) is 1. The van der Waals surface area contributed by atoms with Crippen LogP contribution in [0.3, 0.4) is 0 Å². The fourth-order valence-electron chi connectivity index (χ4n) is 2.99. The second-order valence-corrected chi connectivity index (χ2v) is 7.12. The maximum atomic E-state index is 12.4. The summed E-state index contributed by atoms with van der Waals surface area (Å²) in [5.41, 5.74) is 11.6. The Morgan fingerprint density at radius 3 is 2.59 bits per heavy atom. The van der Waals surface area contributed by atoms with Crippen LogP contribution in [0.2, 0.25) is 5.02 Å². The first kappa shape index (κ1) is 22.7. The number of fused-ring (bicyclic) bond motifs is 1. The minimum atomic E-state index is -1.15. The zero-order valence-electron chi connectivity index (χ0n) is 16.6. The molecule has 1 aliphatic heterocycles. The SMILES string of the molecule is NC(N)=Nc1cccc(C(=O)NCC(=O)NC(CC(=O)O)c2cc3c(cc2Cl)OCO3)c1.[HH].[HH]. The first-order valence-electron chi connectivity index (χ1n) is 9.31. The molecule has 2 amide bonds. The highest BCUT2D eigenvalue weighted by Gasteiger charge is 2.25. The van der Waals surface area contributed by atoms with E-state index < -0.39 is 36.8 Å². The molecule has 11 nitrogen and oxygen atoms in total. The van der Waals surface area contributed by atoms with Gasteiger partial charge in [0.25, 0.3) is 5.91 Å². The van der Waals surface area contributed by atoms with Crippen LogP contribution in [0.1, 0.15) is 31.2 Å². The van der Waals surface area contributed by atoms with Crippen molar-refractivity contribution >= 4 is 41.0 Å². The molecule has 12 heteroatoms. The van der Waals surface area contributed by atoms with Gasteiger partial charge in [-0.05, 0) is 29.8 Å². The number of hydrogen-bond donors (Lipinski definition) is 5. The van der Waals surface area contributed by atoms with Crippen molar-refractivity contribution in [1.29, 1.82) is 0 Å². The monoisotopic (exact) mass is 465 g/mol. The van der Waals surface area contributed by atoms with Crippen molar-refractivity contribution in [1.82, 2.24) is 10.6 Å². The van der Waals surface area contributed by atoms with E-state index in [1.165, 1.54) is 24.3 Å². The van der Waals surface area contributed by atoms with Crippen LogP contribution in [0.5, 0.6) is 11.5 Å². The Morgan fingerprint density at radius 2 is 1.91 bits per heavy atom. The zero-order chi connectivity index (χ0) is 23.3. The number of carbonyl (C=O) groups is 3. The lowest BCUT2D eigenvalue weighted by Crippen LogP contribution is -2.39. The quantitative estimate of drug-likeness (QED) is 0.287. The lowest BCUT2D eigenvalue weighted by Gasteiger charge is -2.19. The van der Waals surface area contributed by atoms with E-state index in [0.717, 1.165) is 0 Å². The zero-order valence-corrected chi connectivity index (χ0v) is 17.4. The molecule has 2 aromatic carbocycles. The summed E-state index contributed by atoms with van der Waals surface area (Å²) in [7, 11) is 0. The molecule has 7 N–H and O–H groups in total. The lowest BCUT2D eigenvalue weighted by molar-refractivity contribution is -0.137. The van der Waals surface area contributed by atoms with Crippen molar-refractivity contribution < 1.29 is 31.8 Å². The molecule has 0 aromatic heterocycles. The van der Waals surface area contributed by atoms with Crippen molar-refractivity contribution in [2.45, 2.75) is 12.5 Å². The fraction of sp³-hybridized carbons (Fsp3) is 0.200. The van der Waals surface area contributed by atoms with Crippen molar-refractivity contribution in [3.05, 3.63) is 52.5 Å². The van der Waals surface area contributed by atoms with E-state index in [-0.39, 0.29) is 26.2 Å². The molecule has 0 bridgehead atoms. The summed E-state index contributed by atoms with van der Waals surface area (Å²) in [4.78, 5) is 40.0. The summed E-state index contributed by atoms with van der Waals surface area (Å²) in [6.07, 6.45) is -0.431. The van der Waals surface area contributed by atoms with Crippen molar-refractivity contribution in [3.8, 4) is 11.5 Å². The predicted octanol–water partition coefficient (Wildman–Crippen LogP) is 1.53. The molecule has 1 unspecified atom stereocenters. The van der Waals surface area contributed by atoms with Crippen molar-refractivity contribution in [2.24, 2.45) is 16.5 Å². The van der Waals surface area contributed by atoms with Crippen molar-refractivity contribution in [2.75, 3.05) is 13.3 Å². The van der Waals surface area contributed by atoms with Gasteiger partial charge < -0.3 is 36.7 Å². The Kier molecular flexibility index (Phi) is 7.00. The molecule has 2 aromatic rings. The average molecular weight is 466 g/mol. The van der Waals surface area contributed by atoms with Gasteiger partial charge in [-0.25, -0.2) is 4.99 Å². The highest BCUT2D eigenvalue weighted by atomic mass is 35.5. The van der Waals surface area contributed by atoms with E-state index in [2.05, 4.69) is 15.6 Å². The van der Waals surface area contributed by atoms with E-state index in [9.17, 15) is 19.5 Å². The maximum Gasteiger partial charge on any atom is 0.305 e. The molecule has 3 rings (SSSR count). The normalized spacial score (nSPS) is 12.5. The second kappa shape index (κ2) is 9.88. The number of amides is 2. The number of guanidine groups is 1. The molecule has 0 radical (unpaired) electrons. The maximum absolute atomic E-state index is 12.4. The average Bonchev–Trinajstić information content (AvgIpc) is 3.17. The van der Waals surface area contributed by atoms with E-state index in [1.807, 2.05) is 0 Å². The van der Waals surface area contributed by atoms with Crippen LogP contribution >= 0.6 is 11.6 Å². The Bertz CT molecular complexity index is 1100. The highest BCUT2D eigenvalue weighted by Crippen LogP contribution is 2.39. The largest absolute Gasteiger partial charge is 0.481 e. The van der Waals surface area contributed by atoms with E-state index in [1.54, 1.807) is 12.1 Å². The second-order valence-electron chi connectivity index (χ2n) is 6.71. The number of aliphatic imine (C=N–C) groups is 1. The lowest BCUT2D eigenvalue weighted by atomic mass is 10.0. The molecule has 0 aliphatic carbocycles. The van der Waals surface area contributed by atoms with Gasteiger partial charge in [0.05, 0.1) is 24.7 Å². The predicted molar refractivity (Wildman–Crippen MR) is 119 cm³/mol. The van der Waals surface area contributed by atoms with Crippen molar-refractivity contribution in [3.63, 3.8) is 0 Å². The van der Waals surface area contributed by atoms with Crippen LogP contribution in [0.25, 0.3) is 0 Å². The Hall–Kier alpha value is -3.99. The highest BCUT2D eigenvalue weighted by molar-refractivity contribution is 6.31. The molecule has 0 spiro atoms. The van der Waals surface area contributed by atoms with Crippen LogP contribution in [-0.2, 0) is 9.59 Å². The number of ether oxygens (including phenoxy) is 2. The van der Waals surface area contributed by atoms with Crippen LogP contribution < -0.4 is 31.6 Å². The fourth-order valence-corrected chi connectivity index (χ4v) is 3.27. The van der Waals surface area contributed by atoms with Gasteiger partial charge in [-0.2, -0.15) is 0 Å². The van der Waals surface area contributed by atoms with Gasteiger partial charge in [-0.3, -0.25) is 14.4 Å². The third kappa shape index (κ3) is 5.79. The van der Waals surface area contributed by atoms with Gasteiger partial charge >= 0.3 is 5.97 Å². The number of nitrogens with two attached hydrogens (primary N) is 2. The molecule has 1 atom stereocenters. The molecule has 1 heterocycles. The first-order chi connectivity index (χ1) is 15.2. The molecule has 0 saturated heterocycles. The Balaban J connectivity index is 0.00000289. The third-order valence-corrected chi connectivity index (χ3v) is 4.68. The number of rotatable bonds is 8. The van der Waals surface area contributed by atoms with E-state index >= 15 is 0 Å². The number of carboxylic acid groups (broad SMARTS) is 1. The molecule has 1 aliphatic rings. The minimum absolute atomic E-state index is 0. The molecular formula is C20H24ClN5O6. The molecular weight excluding hydrogens is 442 g/mol. The summed E-state index contributed by atoms with van der Waals surface area (Å²) >= 11 is 6.25. The first-order valence-corrected chi connectivity index (χ1v) is 9.69. The number of nitrogens with one attached hydrogen (secondary N) is 2. The Labute approximate surface area is 190 Å². The molecule has 172 valence electrons. The van der Waals surface area contributed by atoms with Gasteiger partial charge in [-0.1, -0.05) is 17.7 Å². The smallest absolute Gasteiger partial charge is 0.305 e. The van der Waals surface area contributed by atoms with Gasteiger partial charge in [0.15, 0.2) is 17.5 Å². The summed E-state index contributed by atoms with van der Waals surface area (Å²) in [5, 5.41) is 14.5. The summed E-state index contributed by atoms with van der Waals surface area (Å²) < 4.78 is 10.5. The summed E-state index contributed by atoms with van der Waals surface area (Å²) in [6.45, 7) is -0.384. The Morgan fingerprint density at radius 1 is 1.19 bits per heavy atom. The molecule has 0 fully saturated rings. The molecule has 0 saturated carbocycles.